The molecule has 3 rings (SSSR count). The number of sulfonamides is 1. The monoisotopic (exact) mass is 484 g/mol. The van der Waals surface area contributed by atoms with Crippen molar-refractivity contribution in [2.45, 2.75) is 28.4 Å². The van der Waals surface area contributed by atoms with Crippen molar-refractivity contribution in [2.24, 2.45) is 0 Å². The third-order valence-corrected chi connectivity index (χ3v) is 8.32. The molecule has 1 saturated heterocycles. The van der Waals surface area contributed by atoms with E-state index in [1.54, 1.807) is 24.3 Å². The summed E-state index contributed by atoms with van der Waals surface area (Å²) in [6.45, 7) is 3.17. The van der Waals surface area contributed by atoms with Crippen molar-refractivity contribution >= 4 is 45.0 Å². The van der Waals surface area contributed by atoms with Crippen LogP contribution in [0.1, 0.15) is 13.3 Å². The molecule has 2 aromatic rings. The highest BCUT2D eigenvalue weighted by Gasteiger charge is 2.30. The van der Waals surface area contributed by atoms with E-state index >= 15 is 0 Å². The van der Waals surface area contributed by atoms with Gasteiger partial charge in [0.2, 0.25) is 15.9 Å². The first-order valence-electron chi connectivity index (χ1n) is 9.84. The van der Waals surface area contributed by atoms with Crippen LogP contribution in [-0.4, -0.2) is 57.3 Å². The van der Waals surface area contributed by atoms with Gasteiger partial charge >= 0.3 is 0 Å². The zero-order valence-electron chi connectivity index (χ0n) is 17.3. The molecule has 0 aromatic heterocycles. The molecule has 7 nitrogen and oxygen atoms in total. The minimum absolute atomic E-state index is 0.0214. The fraction of sp³-hybridized carbons (Fsp3) is 0.381. The second-order valence-electron chi connectivity index (χ2n) is 6.84. The first kappa shape index (κ1) is 23.9. The number of hydrogen-bond acceptors (Lipinski definition) is 6. The van der Waals surface area contributed by atoms with E-state index in [1.165, 1.54) is 29.2 Å². The highest BCUT2D eigenvalue weighted by atomic mass is 35.5. The SMILES string of the molecule is CC[C@H](Sc1ccc(Cl)cc1)C(=O)Nc1ccc(OC)c(S(=O)(=O)N2CCOCC2)c1. The predicted molar refractivity (Wildman–Crippen MR) is 123 cm³/mol. The molecular weight excluding hydrogens is 460 g/mol. The van der Waals surface area contributed by atoms with Gasteiger partial charge in [-0.1, -0.05) is 18.5 Å². The number of rotatable bonds is 8. The van der Waals surface area contributed by atoms with Gasteiger partial charge in [0.15, 0.2) is 0 Å². The van der Waals surface area contributed by atoms with Gasteiger partial charge in [0.25, 0.3) is 0 Å². The molecule has 1 N–H and O–H groups in total. The first-order chi connectivity index (χ1) is 14.8. The summed E-state index contributed by atoms with van der Waals surface area (Å²) in [7, 11) is -2.36. The summed E-state index contributed by atoms with van der Waals surface area (Å²) in [5.41, 5.74) is 0.396. The van der Waals surface area contributed by atoms with E-state index in [0.29, 0.717) is 30.3 Å². The molecule has 31 heavy (non-hydrogen) atoms. The minimum Gasteiger partial charge on any atom is -0.495 e. The number of nitrogens with one attached hydrogen (secondary N) is 1. The van der Waals surface area contributed by atoms with Crippen molar-refractivity contribution in [1.82, 2.24) is 4.31 Å². The van der Waals surface area contributed by atoms with E-state index in [2.05, 4.69) is 5.32 Å². The first-order valence-corrected chi connectivity index (χ1v) is 12.5. The molecule has 1 heterocycles. The Morgan fingerprint density at radius 3 is 2.52 bits per heavy atom. The summed E-state index contributed by atoms with van der Waals surface area (Å²) in [6.07, 6.45) is 0.605. The lowest BCUT2D eigenvalue weighted by atomic mass is 10.2. The molecule has 10 heteroatoms. The predicted octanol–water partition coefficient (Wildman–Crippen LogP) is 3.88. The summed E-state index contributed by atoms with van der Waals surface area (Å²) in [5.74, 6) is 0.0226. The van der Waals surface area contributed by atoms with Crippen molar-refractivity contribution in [3.8, 4) is 5.75 Å². The number of carbonyl (C=O) groups excluding carboxylic acids is 1. The second-order valence-corrected chi connectivity index (χ2v) is 10.5. The number of carbonyl (C=O) groups is 1. The third-order valence-electron chi connectivity index (χ3n) is 4.77. The fourth-order valence-corrected chi connectivity index (χ4v) is 5.77. The van der Waals surface area contributed by atoms with Crippen molar-refractivity contribution < 1.29 is 22.7 Å². The molecule has 0 unspecified atom stereocenters. The fourth-order valence-electron chi connectivity index (χ4n) is 3.10. The van der Waals surface area contributed by atoms with Crippen LogP contribution < -0.4 is 10.1 Å². The number of nitrogens with zero attached hydrogens (tertiary/aromatic N) is 1. The molecule has 0 radical (unpaired) electrons. The van der Waals surface area contributed by atoms with Gasteiger partial charge in [0.1, 0.15) is 10.6 Å². The molecule has 1 fully saturated rings. The zero-order valence-corrected chi connectivity index (χ0v) is 19.7. The average molecular weight is 485 g/mol. The molecule has 2 aromatic carbocycles. The average Bonchev–Trinajstić information content (AvgIpc) is 2.79. The number of morpholine rings is 1. The standard InChI is InChI=1S/C21H25ClN2O5S2/c1-3-19(30-17-7-4-15(22)5-8-17)21(25)23-16-6-9-18(28-2)20(14-16)31(26,27)24-10-12-29-13-11-24/h4-9,14,19H,3,10-13H2,1-2H3,(H,23,25)/t19-/m0/s1. The molecular formula is C21H25ClN2O5S2. The van der Waals surface area contributed by atoms with E-state index in [1.807, 2.05) is 19.1 Å². The smallest absolute Gasteiger partial charge is 0.246 e. The molecule has 168 valence electrons. The van der Waals surface area contributed by atoms with Crippen LogP contribution in [0.3, 0.4) is 0 Å². The van der Waals surface area contributed by atoms with Gasteiger partial charge < -0.3 is 14.8 Å². The number of halogens is 1. The van der Waals surface area contributed by atoms with Crippen LogP contribution in [0.5, 0.6) is 5.75 Å². The van der Waals surface area contributed by atoms with Gasteiger partial charge in [-0.2, -0.15) is 4.31 Å². The number of amides is 1. The van der Waals surface area contributed by atoms with E-state index < -0.39 is 10.0 Å². The van der Waals surface area contributed by atoms with Gasteiger partial charge in [-0.3, -0.25) is 4.79 Å². The molecule has 1 aliphatic rings. The lowest BCUT2D eigenvalue weighted by Crippen LogP contribution is -2.40. The maximum absolute atomic E-state index is 13.1. The number of benzene rings is 2. The van der Waals surface area contributed by atoms with Crippen molar-refractivity contribution in [1.29, 1.82) is 0 Å². The van der Waals surface area contributed by atoms with Gasteiger partial charge in [0, 0.05) is 28.7 Å². The highest BCUT2D eigenvalue weighted by molar-refractivity contribution is 8.00. The summed E-state index contributed by atoms with van der Waals surface area (Å²) < 4.78 is 38.1. The number of methoxy groups -OCH3 is 1. The van der Waals surface area contributed by atoms with Crippen molar-refractivity contribution in [3.63, 3.8) is 0 Å². The quantitative estimate of drug-likeness (QED) is 0.572. The van der Waals surface area contributed by atoms with Gasteiger partial charge in [-0.05, 0) is 48.9 Å². The van der Waals surface area contributed by atoms with E-state index in [9.17, 15) is 13.2 Å². The molecule has 0 bridgehead atoms. The summed E-state index contributed by atoms with van der Waals surface area (Å²) in [6, 6.07) is 11.9. The van der Waals surface area contributed by atoms with Gasteiger partial charge in [0.05, 0.1) is 25.6 Å². The third kappa shape index (κ3) is 5.93. The Morgan fingerprint density at radius 1 is 1.23 bits per heavy atom. The number of ether oxygens (including phenoxy) is 2. The van der Waals surface area contributed by atoms with Gasteiger partial charge in [-0.15, -0.1) is 11.8 Å². The summed E-state index contributed by atoms with van der Waals surface area (Å²) in [4.78, 5) is 13.8. The maximum atomic E-state index is 13.1. The van der Waals surface area contributed by atoms with Crippen molar-refractivity contribution in [3.05, 3.63) is 47.5 Å². The summed E-state index contributed by atoms with van der Waals surface area (Å²) in [5, 5.41) is 3.13. The van der Waals surface area contributed by atoms with Crippen LogP contribution in [0.25, 0.3) is 0 Å². The zero-order chi connectivity index (χ0) is 22.4. The Balaban J connectivity index is 1.79. The molecule has 1 aliphatic heterocycles. The van der Waals surface area contributed by atoms with Crippen LogP contribution in [0.2, 0.25) is 5.02 Å². The van der Waals surface area contributed by atoms with E-state index in [4.69, 9.17) is 21.1 Å². The van der Waals surface area contributed by atoms with Crippen molar-refractivity contribution in [2.75, 3.05) is 38.7 Å². The minimum atomic E-state index is -3.78. The topological polar surface area (TPSA) is 84.9 Å². The number of thioether (sulfide) groups is 1. The summed E-state index contributed by atoms with van der Waals surface area (Å²) >= 11 is 7.36. The largest absolute Gasteiger partial charge is 0.495 e. The molecule has 0 aliphatic carbocycles. The normalized spacial score (nSPS) is 16.0. The number of anilines is 1. The number of hydrogen-bond donors (Lipinski definition) is 1. The molecule has 0 saturated carbocycles. The van der Waals surface area contributed by atoms with Crippen LogP contribution >= 0.6 is 23.4 Å². The van der Waals surface area contributed by atoms with Crippen LogP contribution in [0.4, 0.5) is 5.69 Å². The van der Waals surface area contributed by atoms with Gasteiger partial charge in [-0.25, -0.2) is 8.42 Å². The van der Waals surface area contributed by atoms with Crippen LogP contribution in [0.15, 0.2) is 52.3 Å². The Kier molecular flexibility index (Phi) is 8.23. The molecule has 1 atom stereocenters. The lowest BCUT2D eigenvalue weighted by molar-refractivity contribution is -0.115. The lowest BCUT2D eigenvalue weighted by Gasteiger charge is -2.27. The van der Waals surface area contributed by atoms with E-state index in [0.717, 1.165) is 4.90 Å². The van der Waals surface area contributed by atoms with E-state index in [-0.39, 0.29) is 34.9 Å². The molecule has 1 amide bonds. The Hall–Kier alpha value is -1.78. The second kappa shape index (κ2) is 10.7. The Labute approximate surface area is 192 Å². The molecule has 0 spiro atoms. The maximum Gasteiger partial charge on any atom is 0.246 e. The highest BCUT2D eigenvalue weighted by Crippen LogP contribution is 2.32. The van der Waals surface area contributed by atoms with Crippen LogP contribution in [0, 0.1) is 0 Å². The Bertz CT molecular complexity index is 1010. The van der Waals surface area contributed by atoms with Crippen LogP contribution in [-0.2, 0) is 19.6 Å². The Morgan fingerprint density at radius 2 is 1.90 bits per heavy atom.